The highest BCUT2D eigenvalue weighted by Crippen LogP contribution is 2.38. The van der Waals surface area contributed by atoms with E-state index in [4.69, 9.17) is 9.47 Å². The van der Waals surface area contributed by atoms with Gasteiger partial charge in [-0.1, -0.05) is 18.2 Å². The Morgan fingerprint density at radius 2 is 2.05 bits per heavy atom. The fraction of sp³-hybridized carbons (Fsp3) is 0.500. The molecule has 1 aliphatic rings. The maximum Gasteiger partial charge on any atom is 0.349 e. The second kappa shape index (κ2) is 5.63. The van der Waals surface area contributed by atoms with E-state index < -0.39 is 34.2 Å². The van der Waals surface area contributed by atoms with Crippen LogP contribution in [0.2, 0.25) is 0 Å². The smallest absolute Gasteiger partial charge is 0.349 e. The molecule has 110 valence electrons. The molecule has 0 aliphatic carbocycles. The van der Waals surface area contributed by atoms with E-state index in [0.29, 0.717) is 5.75 Å². The molecule has 20 heavy (non-hydrogen) atoms. The van der Waals surface area contributed by atoms with Gasteiger partial charge < -0.3 is 14.0 Å². The van der Waals surface area contributed by atoms with Crippen molar-refractivity contribution in [3.05, 3.63) is 29.8 Å². The second-order valence-electron chi connectivity index (χ2n) is 5.58. The molecule has 0 radical (unpaired) electrons. The van der Waals surface area contributed by atoms with E-state index >= 15 is 0 Å². The number of fused-ring (bicyclic) bond motifs is 1. The van der Waals surface area contributed by atoms with Gasteiger partial charge in [0.1, 0.15) is 16.5 Å². The normalized spacial score (nSPS) is 22.9. The van der Waals surface area contributed by atoms with Crippen LogP contribution in [0.3, 0.4) is 0 Å². The maximum absolute atomic E-state index is 12.3. The second-order valence-corrected chi connectivity index (χ2v) is 7.57. The van der Waals surface area contributed by atoms with E-state index in [-0.39, 0.29) is 0 Å². The molecule has 0 saturated carbocycles. The van der Waals surface area contributed by atoms with Crippen LogP contribution in [-0.4, -0.2) is 28.5 Å². The predicted octanol–water partition coefficient (Wildman–Crippen LogP) is 1.71. The Labute approximate surface area is 122 Å². The van der Waals surface area contributed by atoms with Gasteiger partial charge in [0.15, 0.2) is 0 Å². The van der Waals surface area contributed by atoms with E-state index in [9.17, 15) is 9.35 Å². The third-order valence-corrected chi connectivity index (χ3v) is 4.61. The van der Waals surface area contributed by atoms with E-state index in [1.165, 1.54) is 7.11 Å². The Balaban J connectivity index is 2.27. The summed E-state index contributed by atoms with van der Waals surface area (Å²) in [4.78, 5) is 11.8. The Morgan fingerprint density at radius 1 is 1.40 bits per heavy atom. The van der Waals surface area contributed by atoms with Gasteiger partial charge in [-0.3, -0.25) is 0 Å². The molecule has 1 aromatic carbocycles. The van der Waals surface area contributed by atoms with E-state index in [0.717, 1.165) is 5.56 Å². The molecule has 0 spiro atoms. The number of rotatable bonds is 3. The minimum atomic E-state index is -1.31. The zero-order valence-electron chi connectivity index (χ0n) is 12.0. The lowest BCUT2D eigenvalue weighted by atomic mass is 10.1. The molecule has 1 N–H and O–H groups in total. The number of ether oxygens (including phenoxy) is 2. The van der Waals surface area contributed by atoms with Gasteiger partial charge in [0.05, 0.1) is 7.11 Å². The third kappa shape index (κ3) is 2.92. The molecule has 3 atom stereocenters. The fourth-order valence-corrected chi connectivity index (χ4v) is 2.77. The number of hydrogen-bond acceptors (Lipinski definition) is 5. The van der Waals surface area contributed by atoms with Crippen molar-refractivity contribution in [2.45, 2.75) is 37.7 Å². The summed E-state index contributed by atoms with van der Waals surface area (Å²) in [5.74, 6) is 0.135. The molecule has 0 fully saturated rings. The summed E-state index contributed by atoms with van der Waals surface area (Å²) in [6.45, 7) is 5.60. The van der Waals surface area contributed by atoms with Crippen LogP contribution in [0.1, 0.15) is 32.4 Å². The Bertz CT molecular complexity index is 500. The van der Waals surface area contributed by atoms with Crippen molar-refractivity contribution in [1.29, 1.82) is 0 Å². The first-order valence-electron chi connectivity index (χ1n) is 6.36. The summed E-state index contributed by atoms with van der Waals surface area (Å²) < 4.78 is 25.2. The zero-order chi connectivity index (χ0) is 14.9. The minimum Gasteiger partial charge on any atom is -0.598 e. The molecular weight excluding hydrogens is 278 g/mol. The molecule has 0 unspecified atom stereocenters. The summed E-state index contributed by atoms with van der Waals surface area (Å²) in [5, 5.41) is 0. The molecular formula is C14H19NO4S. The van der Waals surface area contributed by atoms with Crippen LogP contribution >= 0.6 is 0 Å². The Morgan fingerprint density at radius 3 is 2.65 bits per heavy atom. The average Bonchev–Trinajstić information content (AvgIpc) is 2.76. The van der Waals surface area contributed by atoms with Gasteiger partial charge in [-0.15, -0.1) is 4.72 Å². The van der Waals surface area contributed by atoms with Crippen LogP contribution in [0.25, 0.3) is 0 Å². The number of methoxy groups -OCH3 is 1. The number of para-hydroxylation sites is 1. The average molecular weight is 297 g/mol. The molecule has 2 rings (SSSR count). The molecule has 1 heterocycles. The third-order valence-electron chi connectivity index (χ3n) is 3.03. The van der Waals surface area contributed by atoms with Gasteiger partial charge in [0, 0.05) is 16.9 Å². The fourth-order valence-electron chi connectivity index (χ4n) is 1.93. The van der Waals surface area contributed by atoms with Gasteiger partial charge in [-0.25, -0.2) is 4.79 Å². The topological polar surface area (TPSA) is 70.6 Å². The first-order chi connectivity index (χ1) is 9.34. The van der Waals surface area contributed by atoms with Crippen LogP contribution in [0, 0.1) is 0 Å². The van der Waals surface area contributed by atoms with Crippen molar-refractivity contribution in [3.63, 3.8) is 0 Å². The lowest BCUT2D eigenvalue weighted by Crippen LogP contribution is -2.46. The summed E-state index contributed by atoms with van der Waals surface area (Å²) in [6, 6.07) is 6.86. The number of carbonyl (C=O) groups is 1. The quantitative estimate of drug-likeness (QED) is 0.679. The molecule has 0 bridgehead atoms. The molecule has 0 saturated heterocycles. The van der Waals surface area contributed by atoms with E-state index in [2.05, 4.69) is 4.72 Å². The maximum atomic E-state index is 12.3. The summed E-state index contributed by atoms with van der Waals surface area (Å²) in [7, 11) is 1.31. The largest absolute Gasteiger partial charge is 0.598 e. The molecule has 0 aromatic heterocycles. The lowest BCUT2D eigenvalue weighted by molar-refractivity contribution is -0.149. The van der Waals surface area contributed by atoms with Crippen LogP contribution in [0.4, 0.5) is 0 Å². The number of nitrogens with one attached hydrogen (secondary N) is 1. The molecule has 0 amide bonds. The van der Waals surface area contributed by atoms with Crippen molar-refractivity contribution in [1.82, 2.24) is 4.72 Å². The highest BCUT2D eigenvalue weighted by atomic mass is 32.2. The molecule has 1 aromatic rings. The Hall–Kier alpha value is -1.24. The van der Waals surface area contributed by atoms with Crippen LogP contribution in [0.5, 0.6) is 5.75 Å². The van der Waals surface area contributed by atoms with Crippen molar-refractivity contribution >= 4 is 17.3 Å². The van der Waals surface area contributed by atoms with Crippen molar-refractivity contribution in [2.24, 2.45) is 0 Å². The van der Waals surface area contributed by atoms with E-state index in [1.54, 1.807) is 6.07 Å². The van der Waals surface area contributed by atoms with Gasteiger partial charge in [0.25, 0.3) is 0 Å². The molecule has 6 heteroatoms. The van der Waals surface area contributed by atoms with Crippen molar-refractivity contribution in [3.8, 4) is 5.75 Å². The minimum absolute atomic E-state index is 0.432. The summed E-state index contributed by atoms with van der Waals surface area (Å²) in [6.07, 6.45) is -0.816. The highest BCUT2D eigenvalue weighted by Gasteiger charge is 2.44. The standard InChI is InChI=1S/C14H19NO4S/c1-14(2,3)20(17)15-11-9-7-5-6-8-10(9)19-12(11)13(16)18-4/h5-8,11-12,15H,1-4H3/t11-,12+,20+/m0/s1. The number of carbonyl (C=O) groups excluding carboxylic acids is 1. The molecule has 1 aliphatic heterocycles. The van der Waals surface area contributed by atoms with Gasteiger partial charge in [-0.05, 0) is 26.8 Å². The van der Waals surface area contributed by atoms with Crippen LogP contribution in [0.15, 0.2) is 24.3 Å². The number of esters is 1. The van der Waals surface area contributed by atoms with Crippen molar-refractivity contribution < 1.29 is 18.8 Å². The first-order valence-corrected chi connectivity index (χ1v) is 7.51. The van der Waals surface area contributed by atoms with Gasteiger partial charge in [-0.2, -0.15) is 0 Å². The monoisotopic (exact) mass is 297 g/mol. The van der Waals surface area contributed by atoms with Crippen LogP contribution < -0.4 is 9.46 Å². The lowest BCUT2D eigenvalue weighted by Gasteiger charge is -2.27. The van der Waals surface area contributed by atoms with Gasteiger partial charge >= 0.3 is 5.97 Å². The number of benzene rings is 1. The first kappa shape index (κ1) is 15.2. The van der Waals surface area contributed by atoms with Gasteiger partial charge in [0.2, 0.25) is 6.10 Å². The molecule has 5 nitrogen and oxygen atoms in total. The Kier molecular flexibility index (Phi) is 4.27. The zero-order valence-corrected chi connectivity index (χ0v) is 12.8. The number of hydrogen-bond donors (Lipinski definition) is 1. The summed E-state index contributed by atoms with van der Waals surface area (Å²) >= 11 is -1.31. The predicted molar refractivity (Wildman–Crippen MR) is 76.6 cm³/mol. The summed E-state index contributed by atoms with van der Waals surface area (Å²) in [5.41, 5.74) is 0.820. The van der Waals surface area contributed by atoms with Crippen molar-refractivity contribution in [2.75, 3.05) is 7.11 Å². The SMILES string of the molecule is COC(=O)[C@@H]1Oc2ccccc2[C@@H]1N[S@+]([O-])C(C)(C)C. The van der Waals surface area contributed by atoms with E-state index in [1.807, 2.05) is 39.0 Å². The highest BCUT2D eigenvalue weighted by molar-refractivity contribution is 7.90. The van der Waals surface area contributed by atoms with Crippen LogP contribution in [-0.2, 0) is 20.9 Å².